The Morgan fingerprint density at radius 3 is 2.73 bits per heavy atom. The number of thiazole rings is 1. The van der Waals surface area contributed by atoms with Crippen LogP contribution in [0.15, 0.2) is 60.0 Å². The molecular formula is C23H27N4O2S+. The lowest BCUT2D eigenvalue weighted by Gasteiger charge is -2.31. The lowest BCUT2D eigenvalue weighted by molar-refractivity contribution is -0.892. The van der Waals surface area contributed by atoms with Crippen molar-refractivity contribution in [1.29, 1.82) is 0 Å². The van der Waals surface area contributed by atoms with Crippen LogP contribution in [-0.4, -0.2) is 50.7 Å². The van der Waals surface area contributed by atoms with Gasteiger partial charge in [-0.3, -0.25) is 4.79 Å². The molecule has 2 aromatic carbocycles. The average molecular weight is 424 g/mol. The topological polar surface area (TPSA) is 58.9 Å². The first-order chi connectivity index (χ1) is 14.7. The average Bonchev–Trinajstić information content (AvgIpc) is 3.29. The number of carbonyl (C=O) groups excluding carboxylic acids is 1. The molecule has 4 rings (SSSR count). The van der Waals surface area contributed by atoms with Crippen molar-refractivity contribution in [2.45, 2.75) is 6.54 Å². The minimum absolute atomic E-state index is 0.108. The van der Waals surface area contributed by atoms with Crippen LogP contribution in [0, 0.1) is 0 Å². The van der Waals surface area contributed by atoms with Crippen LogP contribution in [0.3, 0.4) is 0 Å². The molecule has 2 N–H and O–H groups in total. The van der Waals surface area contributed by atoms with Gasteiger partial charge in [-0.2, -0.15) is 0 Å². The fraction of sp³-hybridized carbons (Fsp3) is 0.304. The lowest BCUT2D eigenvalue weighted by Crippen LogP contribution is -3.15. The molecule has 0 spiro atoms. The summed E-state index contributed by atoms with van der Waals surface area (Å²) in [6.45, 7) is 4.80. The molecule has 30 heavy (non-hydrogen) atoms. The van der Waals surface area contributed by atoms with Gasteiger partial charge in [0.2, 0.25) is 0 Å². The third-order valence-electron chi connectivity index (χ3n) is 5.34. The number of rotatable bonds is 7. The molecule has 0 bridgehead atoms. The summed E-state index contributed by atoms with van der Waals surface area (Å²) in [6.07, 6.45) is 0. The van der Waals surface area contributed by atoms with Crippen LogP contribution in [0.5, 0.6) is 5.75 Å². The van der Waals surface area contributed by atoms with Crippen LogP contribution in [-0.2, 0) is 11.3 Å². The summed E-state index contributed by atoms with van der Waals surface area (Å²) in [5, 5.41) is 6.17. The molecule has 1 aliphatic rings. The zero-order chi connectivity index (χ0) is 20.8. The van der Waals surface area contributed by atoms with Crippen LogP contribution in [0.4, 0.5) is 5.13 Å². The van der Waals surface area contributed by atoms with E-state index in [9.17, 15) is 4.79 Å². The Labute approximate surface area is 181 Å². The summed E-state index contributed by atoms with van der Waals surface area (Å²) < 4.78 is 5.32. The Balaban J connectivity index is 1.26. The molecule has 0 saturated carbocycles. The van der Waals surface area contributed by atoms with E-state index in [4.69, 9.17) is 9.72 Å². The summed E-state index contributed by atoms with van der Waals surface area (Å²) in [5.41, 5.74) is 3.17. The fourth-order valence-corrected chi connectivity index (χ4v) is 4.49. The van der Waals surface area contributed by atoms with Crippen molar-refractivity contribution >= 4 is 22.4 Å². The Bertz CT molecular complexity index is 968. The minimum Gasteiger partial charge on any atom is -0.497 e. The summed E-state index contributed by atoms with van der Waals surface area (Å²) >= 11 is 1.67. The maximum Gasteiger partial charge on any atom is 0.275 e. The summed E-state index contributed by atoms with van der Waals surface area (Å²) in [7, 11) is 1.68. The zero-order valence-corrected chi connectivity index (χ0v) is 18.0. The number of anilines is 1. The maximum absolute atomic E-state index is 12.3. The number of ether oxygens (including phenoxy) is 1. The van der Waals surface area contributed by atoms with Gasteiger partial charge in [0.05, 0.1) is 39.0 Å². The van der Waals surface area contributed by atoms with Gasteiger partial charge in [0, 0.05) is 17.5 Å². The Morgan fingerprint density at radius 2 is 1.97 bits per heavy atom. The second-order valence-corrected chi connectivity index (χ2v) is 8.26. The van der Waals surface area contributed by atoms with Crippen LogP contribution in [0.1, 0.15) is 5.56 Å². The molecular weight excluding hydrogens is 396 g/mol. The van der Waals surface area contributed by atoms with Gasteiger partial charge in [0.1, 0.15) is 5.75 Å². The van der Waals surface area contributed by atoms with Crippen LogP contribution in [0.25, 0.3) is 11.3 Å². The summed E-state index contributed by atoms with van der Waals surface area (Å²) in [5.74, 6) is 0.946. The molecule has 1 amide bonds. The number of amides is 1. The standard InChI is InChI=1S/C23H26N4O2S/c1-29-20-9-5-8-19(14-20)21-17-30-23(25-21)27-12-10-26(11-13-27)16-22(28)24-15-18-6-3-2-4-7-18/h2-9,14,17H,10-13,15-16H2,1H3,(H,24,28)/p+1. The van der Waals surface area contributed by atoms with Crippen molar-refractivity contribution in [3.63, 3.8) is 0 Å². The number of hydrogen-bond acceptors (Lipinski definition) is 5. The Hall–Kier alpha value is -2.90. The second kappa shape index (κ2) is 9.73. The number of piperazine rings is 1. The predicted octanol–water partition coefficient (Wildman–Crippen LogP) is 1.84. The van der Waals surface area contributed by atoms with Gasteiger partial charge in [-0.15, -0.1) is 11.3 Å². The van der Waals surface area contributed by atoms with Gasteiger partial charge >= 0.3 is 0 Å². The third kappa shape index (κ3) is 5.17. The van der Waals surface area contributed by atoms with Crippen LogP contribution < -0.4 is 19.9 Å². The molecule has 0 atom stereocenters. The Morgan fingerprint density at radius 1 is 1.17 bits per heavy atom. The molecule has 0 unspecified atom stereocenters. The van der Waals surface area contributed by atoms with E-state index in [1.165, 1.54) is 4.90 Å². The number of nitrogens with zero attached hydrogens (tertiary/aromatic N) is 2. The highest BCUT2D eigenvalue weighted by Gasteiger charge is 2.24. The number of nitrogens with one attached hydrogen (secondary N) is 2. The molecule has 1 aromatic heterocycles. The van der Waals surface area contributed by atoms with E-state index in [-0.39, 0.29) is 5.91 Å². The highest BCUT2D eigenvalue weighted by molar-refractivity contribution is 7.14. The molecule has 6 nitrogen and oxygen atoms in total. The molecule has 1 saturated heterocycles. The smallest absolute Gasteiger partial charge is 0.275 e. The quantitative estimate of drug-likeness (QED) is 0.609. The molecule has 156 valence electrons. The van der Waals surface area contributed by atoms with E-state index in [0.717, 1.165) is 53.9 Å². The van der Waals surface area contributed by atoms with E-state index >= 15 is 0 Å². The van der Waals surface area contributed by atoms with Gasteiger partial charge in [0.25, 0.3) is 5.91 Å². The van der Waals surface area contributed by atoms with E-state index in [1.807, 2.05) is 48.5 Å². The van der Waals surface area contributed by atoms with Crippen molar-refractivity contribution in [2.75, 3.05) is 44.7 Å². The van der Waals surface area contributed by atoms with E-state index < -0.39 is 0 Å². The van der Waals surface area contributed by atoms with Crippen LogP contribution >= 0.6 is 11.3 Å². The van der Waals surface area contributed by atoms with Crippen molar-refractivity contribution < 1.29 is 14.4 Å². The van der Waals surface area contributed by atoms with Crippen molar-refractivity contribution in [3.05, 3.63) is 65.5 Å². The number of methoxy groups -OCH3 is 1. The molecule has 1 fully saturated rings. The summed E-state index contributed by atoms with van der Waals surface area (Å²) in [4.78, 5) is 20.8. The van der Waals surface area contributed by atoms with Gasteiger partial charge < -0.3 is 19.9 Å². The number of carbonyl (C=O) groups is 1. The maximum atomic E-state index is 12.3. The van der Waals surface area contributed by atoms with Gasteiger partial charge in [-0.1, -0.05) is 42.5 Å². The highest BCUT2D eigenvalue weighted by atomic mass is 32.1. The minimum atomic E-state index is 0.108. The van der Waals surface area contributed by atoms with Crippen molar-refractivity contribution in [2.24, 2.45) is 0 Å². The van der Waals surface area contributed by atoms with Crippen molar-refractivity contribution in [1.82, 2.24) is 10.3 Å². The molecule has 0 aliphatic carbocycles. The molecule has 0 radical (unpaired) electrons. The largest absolute Gasteiger partial charge is 0.497 e. The van der Waals surface area contributed by atoms with Crippen molar-refractivity contribution in [3.8, 4) is 17.0 Å². The van der Waals surface area contributed by atoms with Gasteiger partial charge in [-0.25, -0.2) is 4.98 Å². The molecule has 2 heterocycles. The lowest BCUT2D eigenvalue weighted by atomic mass is 10.2. The SMILES string of the molecule is COc1cccc(-c2csc(N3CC[NH+](CC(=O)NCc4ccccc4)CC3)n2)c1. The normalized spacial score (nSPS) is 14.5. The highest BCUT2D eigenvalue weighted by Crippen LogP contribution is 2.29. The first-order valence-electron chi connectivity index (χ1n) is 10.2. The monoisotopic (exact) mass is 423 g/mol. The van der Waals surface area contributed by atoms with E-state index in [1.54, 1.807) is 18.4 Å². The van der Waals surface area contributed by atoms with E-state index in [2.05, 4.69) is 21.7 Å². The number of quaternary nitrogens is 1. The number of hydrogen-bond donors (Lipinski definition) is 2. The Kier molecular flexibility index (Phi) is 6.61. The third-order valence-corrected chi connectivity index (χ3v) is 6.24. The zero-order valence-electron chi connectivity index (χ0n) is 17.1. The molecule has 3 aromatic rings. The van der Waals surface area contributed by atoms with Gasteiger partial charge in [-0.05, 0) is 17.7 Å². The second-order valence-electron chi connectivity index (χ2n) is 7.42. The first kappa shape index (κ1) is 20.4. The van der Waals surface area contributed by atoms with Gasteiger partial charge in [0.15, 0.2) is 11.7 Å². The number of aromatic nitrogens is 1. The summed E-state index contributed by atoms with van der Waals surface area (Å²) in [6, 6.07) is 18.0. The number of benzene rings is 2. The van der Waals surface area contributed by atoms with Crippen LogP contribution in [0.2, 0.25) is 0 Å². The molecule has 7 heteroatoms. The van der Waals surface area contributed by atoms with E-state index in [0.29, 0.717) is 13.1 Å². The predicted molar refractivity (Wildman–Crippen MR) is 120 cm³/mol. The first-order valence-corrected chi connectivity index (χ1v) is 11.1. The molecule has 1 aliphatic heterocycles. The fourth-order valence-electron chi connectivity index (χ4n) is 3.60.